The maximum absolute atomic E-state index is 4.46. The van der Waals surface area contributed by atoms with Gasteiger partial charge in [0, 0.05) is 12.7 Å². The van der Waals surface area contributed by atoms with Gasteiger partial charge < -0.3 is 5.32 Å². The van der Waals surface area contributed by atoms with Crippen molar-refractivity contribution in [3.8, 4) is 0 Å². The van der Waals surface area contributed by atoms with Crippen LogP contribution >= 0.6 is 0 Å². The highest BCUT2D eigenvalue weighted by atomic mass is 15.3. The molecule has 1 saturated carbocycles. The smallest absolute Gasteiger partial charge is 0.0631 e. The van der Waals surface area contributed by atoms with Crippen LogP contribution in [0.4, 0.5) is 0 Å². The number of aryl methyl sites for hydroxylation is 2. The monoisotopic (exact) mass is 193 g/mol. The third-order valence-corrected chi connectivity index (χ3v) is 3.32. The summed E-state index contributed by atoms with van der Waals surface area (Å²) >= 11 is 0. The van der Waals surface area contributed by atoms with Gasteiger partial charge in [0.15, 0.2) is 0 Å². The molecular formula is C11H19N3. The number of nitrogens with zero attached hydrogens (tertiary/aromatic N) is 2. The Morgan fingerprint density at radius 1 is 1.50 bits per heavy atom. The predicted molar refractivity (Wildman–Crippen MR) is 57.5 cm³/mol. The number of nitrogens with one attached hydrogen (secondary N) is 1. The molecular weight excluding hydrogens is 174 g/mol. The van der Waals surface area contributed by atoms with Crippen LogP contribution in [0.1, 0.15) is 29.3 Å². The molecule has 0 bridgehead atoms. The summed E-state index contributed by atoms with van der Waals surface area (Å²) in [5.74, 6) is 1.60. The Bertz CT molecular complexity index is 341. The first-order valence-electron chi connectivity index (χ1n) is 5.29. The predicted octanol–water partition coefficient (Wildman–Crippen LogP) is 1.36. The van der Waals surface area contributed by atoms with Crippen molar-refractivity contribution in [1.29, 1.82) is 0 Å². The summed E-state index contributed by atoms with van der Waals surface area (Å²) in [7, 11) is 4.06. The van der Waals surface area contributed by atoms with E-state index in [2.05, 4.69) is 24.3 Å². The number of aromatic nitrogens is 2. The zero-order chi connectivity index (χ0) is 10.3. The van der Waals surface area contributed by atoms with Gasteiger partial charge in [-0.25, -0.2) is 0 Å². The van der Waals surface area contributed by atoms with E-state index < -0.39 is 0 Å². The van der Waals surface area contributed by atoms with Crippen LogP contribution in [0.3, 0.4) is 0 Å². The maximum atomic E-state index is 4.46. The molecule has 0 aromatic carbocycles. The zero-order valence-electron chi connectivity index (χ0n) is 9.46. The summed E-state index contributed by atoms with van der Waals surface area (Å²) in [5.41, 5.74) is 4.05. The van der Waals surface area contributed by atoms with Crippen molar-refractivity contribution < 1.29 is 0 Å². The Hall–Kier alpha value is -0.830. The summed E-state index contributed by atoms with van der Waals surface area (Å²) in [6, 6.07) is 0. The summed E-state index contributed by atoms with van der Waals surface area (Å²) in [6.07, 6.45) is 1.33. The first-order valence-corrected chi connectivity index (χ1v) is 5.29. The number of rotatable bonds is 3. The Balaban J connectivity index is 2.18. The number of hydrogen-bond acceptors (Lipinski definition) is 2. The van der Waals surface area contributed by atoms with Crippen molar-refractivity contribution in [3.63, 3.8) is 0 Å². The van der Waals surface area contributed by atoms with E-state index in [9.17, 15) is 0 Å². The topological polar surface area (TPSA) is 29.9 Å². The highest BCUT2D eigenvalue weighted by Gasteiger charge is 2.40. The van der Waals surface area contributed by atoms with Crippen molar-refractivity contribution >= 4 is 0 Å². The SMILES string of the molecule is CNCC1CC1c1c(C)nn(C)c1C. The maximum Gasteiger partial charge on any atom is 0.0631 e. The molecule has 1 aliphatic carbocycles. The van der Waals surface area contributed by atoms with E-state index in [0.29, 0.717) is 0 Å². The highest BCUT2D eigenvalue weighted by molar-refractivity contribution is 5.33. The molecule has 1 N–H and O–H groups in total. The molecule has 1 aromatic rings. The lowest BCUT2D eigenvalue weighted by Crippen LogP contribution is -2.10. The summed E-state index contributed by atoms with van der Waals surface area (Å²) in [6.45, 7) is 5.43. The molecule has 2 rings (SSSR count). The molecule has 0 radical (unpaired) electrons. The molecule has 14 heavy (non-hydrogen) atoms. The van der Waals surface area contributed by atoms with Gasteiger partial charge in [0.2, 0.25) is 0 Å². The number of hydrogen-bond donors (Lipinski definition) is 1. The van der Waals surface area contributed by atoms with Crippen LogP contribution in [-0.4, -0.2) is 23.4 Å². The van der Waals surface area contributed by atoms with Gasteiger partial charge in [0.25, 0.3) is 0 Å². The zero-order valence-corrected chi connectivity index (χ0v) is 9.46. The molecule has 3 nitrogen and oxygen atoms in total. The lowest BCUT2D eigenvalue weighted by molar-refractivity contribution is 0.694. The molecule has 0 saturated heterocycles. The van der Waals surface area contributed by atoms with E-state index in [4.69, 9.17) is 0 Å². The van der Waals surface area contributed by atoms with Gasteiger partial charge in [-0.1, -0.05) is 0 Å². The minimum atomic E-state index is 0.760. The van der Waals surface area contributed by atoms with Crippen molar-refractivity contribution in [2.24, 2.45) is 13.0 Å². The largest absolute Gasteiger partial charge is 0.319 e. The first-order chi connectivity index (χ1) is 6.65. The molecule has 1 heterocycles. The minimum Gasteiger partial charge on any atom is -0.319 e. The molecule has 2 unspecified atom stereocenters. The van der Waals surface area contributed by atoms with E-state index in [0.717, 1.165) is 18.4 Å². The molecule has 2 atom stereocenters. The molecule has 0 spiro atoms. The van der Waals surface area contributed by atoms with Crippen LogP contribution in [-0.2, 0) is 7.05 Å². The Morgan fingerprint density at radius 3 is 2.71 bits per heavy atom. The second kappa shape index (κ2) is 3.39. The third-order valence-electron chi connectivity index (χ3n) is 3.32. The van der Waals surface area contributed by atoms with Crippen molar-refractivity contribution in [3.05, 3.63) is 17.0 Å². The first kappa shape index (κ1) is 9.71. The Morgan fingerprint density at radius 2 is 2.21 bits per heavy atom. The second-order valence-corrected chi connectivity index (χ2v) is 4.37. The molecule has 0 aliphatic heterocycles. The van der Waals surface area contributed by atoms with E-state index in [1.165, 1.54) is 23.4 Å². The van der Waals surface area contributed by atoms with Crippen LogP contribution in [0.15, 0.2) is 0 Å². The van der Waals surface area contributed by atoms with Crippen LogP contribution in [0.25, 0.3) is 0 Å². The van der Waals surface area contributed by atoms with Crippen molar-refractivity contribution in [2.75, 3.05) is 13.6 Å². The fraction of sp³-hybridized carbons (Fsp3) is 0.727. The average Bonchev–Trinajstić information content (AvgIpc) is 2.79. The quantitative estimate of drug-likeness (QED) is 0.785. The fourth-order valence-electron chi connectivity index (χ4n) is 2.42. The Labute approximate surface area is 85.5 Å². The third kappa shape index (κ3) is 1.46. The van der Waals surface area contributed by atoms with E-state index in [1.54, 1.807) is 0 Å². The van der Waals surface area contributed by atoms with Crippen molar-refractivity contribution in [1.82, 2.24) is 15.1 Å². The molecule has 1 aliphatic rings. The fourth-order valence-corrected chi connectivity index (χ4v) is 2.42. The Kier molecular flexibility index (Phi) is 2.35. The summed E-state index contributed by atoms with van der Waals surface area (Å²) in [5, 5.41) is 7.71. The van der Waals surface area contributed by atoms with Gasteiger partial charge >= 0.3 is 0 Å². The highest BCUT2D eigenvalue weighted by Crippen LogP contribution is 2.48. The summed E-state index contributed by atoms with van der Waals surface area (Å²) < 4.78 is 2.00. The van der Waals surface area contributed by atoms with E-state index in [-0.39, 0.29) is 0 Å². The van der Waals surface area contributed by atoms with Gasteiger partial charge in [0.1, 0.15) is 0 Å². The second-order valence-electron chi connectivity index (χ2n) is 4.37. The standard InChI is InChI=1S/C11H19N3/c1-7-11(8(2)14(4)13-7)10-5-9(10)6-12-3/h9-10,12H,5-6H2,1-4H3. The van der Waals surface area contributed by atoms with Crippen LogP contribution in [0.5, 0.6) is 0 Å². The van der Waals surface area contributed by atoms with Gasteiger partial charge in [-0.2, -0.15) is 5.10 Å². The van der Waals surface area contributed by atoms with Gasteiger partial charge in [-0.05, 0) is 51.3 Å². The average molecular weight is 193 g/mol. The van der Waals surface area contributed by atoms with Crippen LogP contribution in [0, 0.1) is 19.8 Å². The lowest BCUT2D eigenvalue weighted by Gasteiger charge is -2.00. The van der Waals surface area contributed by atoms with Crippen LogP contribution in [0.2, 0.25) is 0 Å². The minimum absolute atomic E-state index is 0.760. The van der Waals surface area contributed by atoms with Gasteiger partial charge in [-0.3, -0.25) is 4.68 Å². The lowest BCUT2D eigenvalue weighted by atomic mass is 10.1. The molecule has 78 valence electrons. The normalized spacial score (nSPS) is 25.4. The van der Waals surface area contributed by atoms with E-state index >= 15 is 0 Å². The molecule has 3 heteroatoms. The molecule has 1 fully saturated rings. The van der Waals surface area contributed by atoms with E-state index in [1.807, 2.05) is 18.8 Å². The molecule has 0 amide bonds. The van der Waals surface area contributed by atoms with Gasteiger partial charge in [-0.15, -0.1) is 0 Å². The molecule has 1 aromatic heterocycles. The summed E-state index contributed by atoms with van der Waals surface area (Å²) in [4.78, 5) is 0. The van der Waals surface area contributed by atoms with Crippen LogP contribution < -0.4 is 5.32 Å². The van der Waals surface area contributed by atoms with Crippen molar-refractivity contribution in [2.45, 2.75) is 26.2 Å². The van der Waals surface area contributed by atoms with Gasteiger partial charge in [0.05, 0.1) is 5.69 Å².